The molecule has 0 saturated carbocycles. The average molecular weight is 376 g/mol. The van der Waals surface area contributed by atoms with Gasteiger partial charge in [-0.05, 0) is 36.8 Å². The van der Waals surface area contributed by atoms with E-state index in [0.717, 1.165) is 5.56 Å². The fraction of sp³-hybridized carbons (Fsp3) is 0.188. The highest BCUT2D eigenvalue weighted by Crippen LogP contribution is 2.33. The number of nitrogens with one attached hydrogen (secondary N) is 2. The van der Waals surface area contributed by atoms with E-state index in [9.17, 15) is 9.18 Å². The van der Waals surface area contributed by atoms with Gasteiger partial charge in [0.05, 0.1) is 22.3 Å². The molecular weight excluding hydrogens is 362 g/mol. The van der Waals surface area contributed by atoms with Crippen LogP contribution in [-0.2, 0) is 4.79 Å². The van der Waals surface area contributed by atoms with Gasteiger partial charge in [0.2, 0.25) is 5.91 Å². The van der Waals surface area contributed by atoms with Gasteiger partial charge in [-0.25, -0.2) is 4.39 Å². The number of rotatable bonds is 5. The molecule has 0 radical (unpaired) electrons. The topological polar surface area (TPSA) is 41.1 Å². The van der Waals surface area contributed by atoms with Crippen LogP contribution in [0.1, 0.15) is 18.5 Å². The molecule has 1 unspecified atom stereocenters. The quantitative estimate of drug-likeness (QED) is 0.765. The van der Waals surface area contributed by atoms with Gasteiger partial charge in [0.15, 0.2) is 0 Å². The van der Waals surface area contributed by atoms with Crippen LogP contribution in [-0.4, -0.2) is 12.5 Å². The van der Waals surface area contributed by atoms with E-state index in [2.05, 4.69) is 10.6 Å². The maximum Gasteiger partial charge on any atom is 0.238 e. The molecule has 7 heteroatoms. The zero-order valence-corrected chi connectivity index (χ0v) is 14.4. The van der Waals surface area contributed by atoms with E-state index in [0.29, 0.717) is 10.7 Å². The first-order valence-electron chi connectivity index (χ1n) is 6.80. The van der Waals surface area contributed by atoms with Crippen LogP contribution in [0.4, 0.5) is 10.1 Å². The van der Waals surface area contributed by atoms with Crippen LogP contribution in [0.15, 0.2) is 36.4 Å². The van der Waals surface area contributed by atoms with Crippen LogP contribution >= 0.6 is 34.8 Å². The highest BCUT2D eigenvalue weighted by atomic mass is 35.5. The zero-order chi connectivity index (χ0) is 17.0. The lowest BCUT2D eigenvalue weighted by atomic mass is 10.1. The van der Waals surface area contributed by atoms with Crippen LogP contribution in [0.2, 0.25) is 15.1 Å². The molecule has 122 valence electrons. The number of benzene rings is 2. The Kier molecular flexibility index (Phi) is 6.25. The van der Waals surface area contributed by atoms with Crippen LogP contribution in [0, 0.1) is 5.82 Å². The van der Waals surface area contributed by atoms with Crippen LogP contribution < -0.4 is 10.6 Å². The van der Waals surface area contributed by atoms with Gasteiger partial charge in [0.25, 0.3) is 0 Å². The molecule has 2 aromatic carbocycles. The third-order valence-electron chi connectivity index (χ3n) is 3.21. The number of anilines is 1. The third kappa shape index (κ3) is 5.08. The van der Waals surface area contributed by atoms with Crippen molar-refractivity contribution in [2.75, 3.05) is 11.9 Å². The van der Waals surface area contributed by atoms with E-state index < -0.39 is 0 Å². The second kappa shape index (κ2) is 7.97. The molecule has 23 heavy (non-hydrogen) atoms. The van der Waals surface area contributed by atoms with Crippen molar-refractivity contribution in [2.45, 2.75) is 13.0 Å². The summed E-state index contributed by atoms with van der Waals surface area (Å²) in [5.41, 5.74) is 1.20. The Labute approximate surface area is 148 Å². The maximum absolute atomic E-state index is 12.9. The van der Waals surface area contributed by atoms with Crippen molar-refractivity contribution in [1.82, 2.24) is 5.32 Å². The normalized spacial score (nSPS) is 12.0. The Morgan fingerprint density at radius 1 is 1.13 bits per heavy atom. The molecule has 2 aromatic rings. The average Bonchev–Trinajstić information content (AvgIpc) is 2.49. The van der Waals surface area contributed by atoms with Crippen molar-refractivity contribution in [3.05, 3.63) is 62.8 Å². The van der Waals surface area contributed by atoms with E-state index in [4.69, 9.17) is 34.8 Å². The predicted molar refractivity (Wildman–Crippen MR) is 92.9 cm³/mol. The summed E-state index contributed by atoms with van der Waals surface area (Å²) in [4.78, 5) is 12.0. The number of halogens is 4. The first-order chi connectivity index (χ1) is 10.9. The van der Waals surface area contributed by atoms with E-state index in [-0.39, 0.29) is 34.4 Å². The summed E-state index contributed by atoms with van der Waals surface area (Å²) in [7, 11) is 0. The van der Waals surface area contributed by atoms with Gasteiger partial charge in [-0.1, -0.05) is 46.9 Å². The van der Waals surface area contributed by atoms with Gasteiger partial charge in [-0.3, -0.25) is 4.79 Å². The minimum absolute atomic E-state index is 0.0494. The van der Waals surface area contributed by atoms with Gasteiger partial charge in [0, 0.05) is 11.1 Å². The Morgan fingerprint density at radius 2 is 1.70 bits per heavy atom. The molecule has 0 fully saturated rings. The summed E-state index contributed by atoms with van der Waals surface area (Å²) in [5.74, 6) is -0.601. The number of hydrogen-bond acceptors (Lipinski definition) is 2. The van der Waals surface area contributed by atoms with Gasteiger partial charge < -0.3 is 10.6 Å². The minimum atomic E-state index is -0.301. The molecule has 3 nitrogen and oxygen atoms in total. The molecule has 0 aliphatic rings. The summed E-state index contributed by atoms with van der Waals surface area (Å²) in [6, 6.07) is 8.97. The molecule has 1 atom stereocenters. The Bertz CT molecular complexity index is 684. The lowest BCUT2D eigenvalue weighted by molar-refractivity contribution is -0.115. The fourth-order valence-electron chi connectivity index (χ4n) is 1.96. The van der Waals surface area contributed by atoms with Crippen molar-refractivity contribution in [3.8, 4) is 0 Å². The monoisotopic (exact) mass is 374 g/mol. The predicted octanol–water partition coefficient (Wildman–Crippen LogP) is 5.08. The van der Waals surface area contributed by atoms with Crippen molar-refractivity contribution in [1.29, 1.82) is 0 Å². The first-order valence-corrected chi connectivity index (χ1v) is 7.93. The van der Waals surface area contributed by atoms with Crippen LogP contribution in [0.5, 0.6) is 0 Å². The summed E-state index contributed by atoms with van der Waals surface area (Å²) >= 11 is 17.8. The standard InChI is InChI=1S/C16H14Cl3FN2O/c1-9(10-2-4-12(20)5-3-10)21-8-15(23)22-16-13(18)6-11(17)7-14(16)19/h2-7,9,21H,8H2,1H3,(H,22,23). The molecule has 0 heterocycles. The summed E-state index contributed by atoms with van der Waals surface area (Å²) < 4.78 is 12.9. The smallest absolute Gasteiger partial charge is 0.238 e. The highest BCUT2D eigenvalue weighted by molar-refractivity contribution is 6.42. The maximum atomic E-state index is 12.9. The largest absolute Gasteiger partial charge is 0.322 e. The van der Waals surface area contributed by atoms with Gasteiger partial charge >= 0.3 is 0 Å². The number of carbonyl (C=O) groups excluding carboxylic acids is 1. The van der Waals surface area contributed by atoms with E-state index in [1.54, 1.807) is 12.1 Å². The van der Waals surface area contributed by atoms with E-state index >= 15 is 0 Å². The molecule has 0 aliphatic carbocycles. The van der Waals surface area contributed by atoms with Gasteiger partial charge in [-0.2, -0.15) is 0 Å². The number of amides is 1. The minimum Gasteiger partial charge on any atom is -0.322 e. The molecule has 0 spiro atoms. The summed E-state index contributed by atoms with van der Waals surface area (Å²) in [6.07, 6.45) is 0. The highest BCUT2D eigenvalue weighted by Gasteiger charge is 2.12. The van der Waals surface area contributed by atoms with Crippen molar-refractivity contribution in [3.63, 3.8) is 0 Å². The molecular formula is C16H14Cl3FN2O. The van der Waals surface area contributed by atoms with E-state index in [1.165, 1.54) is 24.3 Å². The number of hydrogen-bond donors (Lipinski definition) is 2. The lowest BCUT2D eigenvalue weighted by Crippen LogP contribution is -2.30. The van der Waals surface area contributed by atoms with Crippen molar-refractivity contribution in [2.24, 2.45) is 0 Å². The molecule has 2 rings (SSSR count). The molecule has 0 aliphatic heterocycles. The molecule has 0 aromatic heterocycles. The molecule has 0 bridgehead atoms. The number of carbonyl (C=O) groups is 1. The summed E-state index contributed by atoms with van der Waals surface area (Å²) in [5, 5.41) is 6.60. The molecule has 0 saturated heterocycles. The van der Waals surface area contributed by atoms with Crippen molar-refractivity contribution < 1.29 is 9.18 Å². The fourth-order valence-corrected chi connectivity index (χ4v) is 2.87. The van der Waals surface area contributed by atoms with Crippen LogP contribution in [0.25, 0.3) is 0 Å². The Balaban J connectivity index is 1.94. The summed E-state index contributed by atoms with van der Waals surface area (Å²) in [6.45, 7) is 1.93. The Morgan fingerprint density at radius 3 is 2.26 bits per heavy atom. The Hall–Kier alpha value is -1.33. The SMILES string of the molecule is CC(NCC(=O)Nc1c(Cl)cc(Cl)cc1Cl)c1ccc(F)cc1. The van der Waals surface area contributed by atoms with Crippen LogP contribution in [0.3, 0.4) is 0 Å². The molecule has 2 N–H and O–H groups in total. The van der Waals surface area contributed by atoms with E-state index in [1.807, 2.05) is 6.92 Å². The zero-order valence-electron chi connectivity index (χ0n) is 12.2. The van der Waals surface area contributed by atoms with Gasteiger partial charge in [-0.15, -0.1) is 0 Å². The van der Waals surface area contributed by atoms with Gasteiger partial charge in [0.1, 0.15) is 5.82 Å². The second-order valence-electron chi connectivity index (χ2n) is 4.95. The lowest BCUT2D eigenvalue weighted by Gasteiger charge is -2.15. The second-order valence-corrected chi connectivity index (χ2v) is 6.20. The first kappa shape index (κ1) is 18.0. The third-order valence-corrected chi connectivity index (χ3v) is 4.02. The molecule has 1 amide bonds. The van der Waals surface area contributed by atoms with Crippen molar-refractivity contribution >= 4 is 46.4 Å².